The van der Waals surface area contributed by atoms with E-state index in [0.29, 0.717) is 59.4 Å². The van der Waals surface area contributed by atoms with Crippen LogP contribution in [0.5, 0.6) is 17.2 Å². The van der Waals surface area contributed by atoms with Gasteiger partial charge in [-0.25, -0.2) is 4.98 Å². The smallest absolute Gasteiger partial charge is 0.226 e. The van der Waals surface area contributed by atoms with Gasteiger partial charge in [0.25, 0.3) is 0 Å². The number of amides is 2. The quantitative estimate of drug-likeness (QED) is 0.243. The van der Waals surface area contributed by atoms with E-state index in [1.807, 2.05) is 24.4 Å². The van der Waals surface area contributed by atoms with E-state index in [1.165, 1.54) is 18.3 Å². The second kappa shape index (κ2) is 14.2. The zero-order valence-electron chi connectivity index (χ0n) is 24.7. The summed E-state index contributed by atoms with van der Waals surface area (Å²) in [5.74, 6) is 1.31. The van der Waals surface area contributed by atoms with Crippen LogP contribution in [0.1, 0.15) is 61.9 Å². The van der Waals surface area contributed by atoms with Crippen molar-refractivity contribution in [2.24, 2.45) is 0 Å². The number of carbonyl (C=O) groups is 2. The minimum Gasteiger partial charge on any atom is -0.493 e. The lowest BCUT2D eigenvalue weighted by atomic mass is 9.95. The first-order valence-electron chi connectivity index (χ1n) is 14.0. The molecule has 0 fully saturated rings. The van der Waals surface area contributed by atoms with E-state index in [1.54, 1.807) is 33.5 Å². The standard InChI is InChI=1S/C31H38N4O6S/c1-18-17-42-31(33-18)35-27(38)9-7-6-8-14-32-24-13-11-21-22(16-25(24)37)23(34-19(2)36)12-10-20-15-26(39-3)29(40-4)30(41-5)28(20)21/h11,13,15-17,23H,6-10,12,14H2,1-5H3,(H,32,37)(H,34,36)(H,33,35,38). The number of aryl methyl sites for hydroxylation is 2. The van der Waals surface area contributed by atoms with E-state index >= 15 is 0 Å². The Morgan fingerprint density at radius 2 is 1.83 bits per heavy atom. The van der Waals surface area contributed by atoms with Gasteiger partial charge in [0, 0.05) is 30.8 Å². The van der Waals surface area contributed by atoms with Gasteiger partial charge in [-0.3, -0.25) is 14.4 Å². The number of aromatic nitrogens is 1. The van der Waals surface area contributed by atoms with E-state index in [0.717, 1.165) is 41.6 Å². The van der Waals surface area contributed by atoms with Crippen LogP contribution >= 0.6 is 11.3 Å². The van der Waals surface area contributed by atoms with Crippen molar-refractivity contribution in [3.63, 3.8) is 0 Å². The van der Waals surface area contributed by atoms with Gasteiger partial charge < -0.3 is 30.2 Å². The molecule has 224 valence electrons. The molecule has 0 saturated heterocycles. The number of unbranched alkanes of at least 4 members (excludes halogenated alkanes) is 2. The first-order valence-corrected chi connectivity index (χ1v) is 14.9. The van der Waals surface area contributed by atoms with E-state index in [-0.39, 0.29) is 23.3 Å². The van der Waals surface area contributed by atoms with Gasteiger partial charge in [-0.2, -0.15) is 0 Å². The van der Waals surface area contributed by atoms with Crippen LogP contribution in [0.15, 0.2) is 34.4 Å². The molecule has 4 rings (SSSR count). The van der Waals surface area contributed by atoms with Gasteiger partial charge in [0.15, 0.2) is 16.6 Å². The largest absolute Gasteiger partial charge is 0.493 e. The maximum Gasteiger partial charge on any atom is 0.226 e. The van der Waals surface area contributed by atoms with Gasteiger partial charge in [-0.1, -0.05) is 12.5 Å². The molecule has 0 aliphatic heterocycles. The number of benzene rings is 1. The maximum atomic E-state index is 13.4. The lowest BCUT2D eigenvalue weighted by molar-refractivity contribution is -0.119. The molecule has 2 aromatic carbocycles. The van der Waals surface area contributed by atoms with Crippen LogP contribution in [0.4, 0.5) is 10.8 Å². The van der Waals surface area contributed by atoms with Crippen molar-refractivity contribution in [3.05, 3.63) is 56.7 Å². The zero-order valence-corrected chi connectivity index (χ0v) is 25.5. The van der Waals surface area contributed by atoms with Crippen LogP contribution in [0.3, 0.4) is 0 Å². The Kier molecular flexibility index (Phi) is 10.4. The lowest BCUT2D eigenvalue weighted by Crippen LogP contribution is -2.26. The summed E-state index contributed by atoms with van der Waals surface area (Å²) in [5.41, 5.74) is 4.46. The summed E-state index contributed by atoms with van der Waals surface area (Å²) >= 11 is 1.42. The highest BCUT2D eigenvalue weighted by molar-refractivity contribution is 7.13. The molecule has 0 bridgehead atoms. The monoisotopic (exact) mass is 594 g/mol. The summed E-state index contributed by atoms with van der Waals surface area (Å²) in [7, 11) is 4.71. The van der Waals surface area contributed by atoms with Crippen molar-refractivity contribution in [1.82, 2.24) is 10.3 Å². The normalized spacial score (nSPS) is 13.7. The number of carbonyl (C=O) groups excluding carboxylic acids is 2. The van der Waals surface area contributed by atoms with Gasteiger partial charge in [-0.15, -0.1) is 11.3 Å². The van der Waals surface area contributed by atoms with Crippen molar-refractivity contribution >= 4 is 34.0 Å². The predicted octanol–water partition coefficient (Wildman–Crippen LogP) is 5.24. The van der Waals surface area contributed by atoms with E-state index in [2.05, 4.69) is 20.9 Å². The van der Waals surface area contributed by atoms with Crippen molar-refractivity contribution in [3.8, 4) is 28.4 Å². The van der Waals surface area contributed by atoms with Crippen LogP contribution in [-0.2, 0) is 16.0 Å². The molecule has 1 aliphatic carbocycles. The van der Waals surface area contributed by atoms with Gasteiger partial charge in [-0.05, 0) is 67.5 Å². The van der Waals surface area contributed by atoms with Crippen LogP contribution in [0.25, 0.3) is 11.1 Å². The molecule has 1 aliphatic rings. The van der Waals surface area contributed by atoms with E-state index < -0.39 is 0 Å². The number of fused-ring (bicyclic) bond motifs is 3. The van der Waals surface area contributed by atoms with E-state index in [9.17, 15) is 14.4 Å². The number of nitrogens with one attached hydrogen (secondary N) is 3. The first-order chi connectivity index (χ1) is 20.2. The summed E-state index contributed by atoms with van der Waals surface area (Å²) in [6, 6.07) is 6.85. The van der Waals surface area contributed by atoms with Gasteiger partial charge in [0.1, 0.15) is 0 Å². The number of anilines is 2. The molecule has 10 nitrogen and oxygen atoms in total. The SMILES string of the molecule is COc1cc2c(c(OC)c1OC)-c1ccc(NCCCCCC(=O)Nc3nc(C)cs3)c(=O)cc1C(NC(C)=O)CC2. The summed E-state index contributed by atoms with van der Waals surface area (Å²) < 4.78 is 17.1. The number of nitrogens with zero attached hydrogens (tertiary/aromatic N) is 1. The first kappa shape index (κ1) is 30.8. The molecule has 42 heavy (non-hydrogen) atoms. The summed E-state index contributed by atoms with van der Waals surface area (Å²) in [4.78, 5) is 41.9. The Morgan fingerprint density at radius 3 is 2.50 bits per heavy atom. The van der Waals surface area contributed by atoms with Crippen molar-refractivity contribution < 1.29 is 23.8 Å². The minimum absolute atomic E-state index is 0.0468. The molecule has 1 unspecified atom stereocenters. The molecule has 1 atom stereocenters. The molecular weight excluding hydrogens is 556 g/mol. The third kappa shape index (κ3) is 7.20. The summed E-state index contributed by atoms with van der Waals surface area (Å²) in [6.45, 7) is 3.95. The fraction of sp³-hybridized carbons (Fsp3) is 0.419. The zero-order chi connectivity index (χ0) is 30.2. The minimum atomic E-state index is -0.362. The molecule has 3 aromatic rings. The molecule has 11 heteroatoms. The fourth-order valence-electron chi connectivity index (χ4n) is 5.26. The highest BCUT2D eigenvalue weighted by Crippen LogP contribution is 2.50. The average Bonchev–Trinajstić information content (AvgIpc) is 3.22. The Morgan fingerprint density at radius 1 is 1.05 bits per heavy atom. The second-order valence-electron chi connectivity index (χ2n) is 10.2. The van der Waals surface area contributed by atoms with Crippen molar-refractivity contribution in [1.29, 1.82) is 0 Å². The fourth-order valence-corrected chi connectivity index (χ4v) is 5.96. The summed E-state index contributed by atoms with van der Waals surface area (Å²) in [5, 5.41) is 11.6. The number of hydrogen-bond acceptors (Lipinski definition) is 9. The van der Waals surface area contributed by atoms with Gasteiger partial charge in [0.2, 0.25) is 23.0 Å². The second-order valence-corrected chi connectivity index (χ2v) is 11.0. The average molecular weight is 595 g/mol. The highest BCUT2D eigenvalue weighted by atomic mass is 32.1. The number of ether oxygens (including phenoxy) is 3. The van der Waals surface area contributed by atoms with Crippen molar-refractivity contribution in [2.75, 3.05) is 38.5 Å². The molecule has 2 amide bonds. The van der Waals surface area contributed by atoms with E-state index in [4.69, 9.17) is 14.2 Å². The highest BCUT2D eigenvalue weighted by Gasteiger charge is 2.29. The number of thiazole rings is 1. The Labute approximate surface area is 249 Å². The summed E-state index contributed by atoms with van der Waals surface area (Å²) in [6.07, 6.45) is 4.01. The maximum absolute atomic E-state index is 13.4. The molecular formula is C31H38N4O6S. The Balaban J connectivity index is 1.53. The number of methoxy groups -OCH3 is 3. The molecule has 1 heterocycles. The Bertz CT molecular complexity index is 1510. The van der Waals surface area contributed by atoms with Crippen LogP contribution in [0, 0.1) is 6.92 Å². The van der Waals surface area contributed by atoms with Gasteiger partial charge in [0.05, 0.1) is 38.8 Å². The molecule has 0 radical (unpaired) electrons. The van der Waals surface area contributed by atoms with Crippen LogP contribution < -0.4 is 35.6 Å². The predicted molar refractivity (Wildman–Crippen MR) is 165 cm³/mol. The Hall–Kier alpha value is -4.12. The van der Waals surface area contributed by atoms with Gasteiger partial charge >= 0.3 is 0 Å². The number of hydrogen-bond donors (Lipinski definition) is 3. The topological polar surface area (TPSA) is 128 Å². The third-order valence-electron chi connectivity index (χ3n) is 7.18. The number of rotatable bonds is 12. The molecule has 1 aromatic heterocycles. The molecule has 0 saturated carbocycles. The lowest BCUT2D eigenvalue weighted by Gasteiger charge is -2.19. The van der Waals surface area contributed by atoms with Crippen molar-refractivity contribution in [2.45, 2.75) is 58.4 Å². The van der Waals surface area contributed by atoms with Crippen LogP contribution in [0.2, 0.25) is 0 Å². The van der Waals surface area contributed by atoms with Crippen LogP contribution in [-0.4, -0.2) is 44.7 Å². The molecule has 3 N–H and O–H groups in total. The molecule has 0 spiro atoms. The third-order valence-corrected chi connectivity index (χ3v) is 8.05.